The molecule has 7 heterocycles. The lowest BCUT2D eigenvalue weighted by atomic mass is 9.94. The number of pyridine rings is 1. The third-order valence-corrected chi connectivity index (χ3v) is 10.9. The predicted octanol–water partition coefficient (Wildman–Crippen LogP) is 5.05. The summed E-state index contributed by atoms with van der Waals surface area (Å²) in [5, 5.41) is 15.8. The van der Waals surface area contributed by atoms with Gasteiger partial charge in [0.1, 0.15) is 53.4 Å². The zero-order valence-corrected chi connectivity index (χ0v) is 25.5. The summed E-state index contributed by atoms with van der Waals surface area (Å²) in [6, 6.07) is 6.25. The normalized spacial score (nSPS) is 28.4. The largest absolute Gasteiger partial charge is 0.508 e. The summed E-state index contributed by atoms with van der Waals surface area (Å²) in [6.45, 7) is 4.21. The molecule has 1 unspecified atom stereocenters. The van der Waals surface area contributed by atoms with Crippen molar-refractivity contribution in [3.63, 3.8) is 0 Å². The SMILES string of the molecule is CCc1c(F)ccc2cc(O)cc(-c3nc4c5c(nc(OC[C@]67CCCN6C[C@@H](F)C7)nc5c3F)N3C[C@@H]5CCC(N5)[C@H]3CO4)c12. The zero-order chi connectivity index (χ0) is 31.3. The van der Waals surface area contributed by atoms with Crippen LogP contribution in [0.3, 0.4) is 0 Å². The number of ether oxygens (including phenoxy) is 2. The van der Waals surface area contributed by atoms with E-state index in [1.807, 2.05) is 6.92 Å². The van der Waals surface area contributed by atoms with Gasteiger partial charge in [0, 0.05) is 37.2 Å². The second-order valence-corrected chi connectivity index (χ2v) is 13.5. The first-order chi connectivity index (χ1) is 22.3. The molecule has 0 amide bonds. The standard InChI is InChI=1S/C34H35F3N6O3/c1-2-21-23(36)6-4-17-10-20(44)11-22(26(17)21)29-28(37)30-27-31(43-14-19-5-7-24(38-19)25(43)15-45-32(27)39-29)41-33(40-30)46-16-34-8-3-9-42(34)13-18(35)12-34/h4,6,10-11,18-19,24-25,38,44H,2-3,5,7-9,12-16H2,1H3/t18-,19-,24?,25+,34+/m0/s1. The van der Waals surface area contributed by atoms with E-state index >= 15 is 8.78 Å². The monoisotopic (exact) mass is 632 g/mol. The van der Waals surface area contributed by atoms with Gasteiger partial charge in [-0.3, -0.25) is 4.90 Å². The number of hydrogen-bond acceptors (Lipinski definition) is 9. The van der Waals surface area contributed by atoms with Crippen LogP contribution in [0.5, 0.6) is 17.6 Å². The van der Waals surface area contributed by atoms with E-state index in [0.717, 1.165) is 32.2 Å². The topological polar surface area (TPSA) is 95.9 Å². The van der Waals surface area contributed by atoms with Crippen LogP contribution in [0.1, 0.15) is 44.6 Å². The summed E-state index contributed by atoms with van der Waals surface area (Å²) in [5.41, 5.74) is 0.0926. The van der Waals surface area contributed by atoms with Crippen LogP contribution in [0, 0.1) is 11.6 Å². The van der Waals surface area contributed by atoms with Gasteiger partial charge in [-0.2, -0.15) is 9.97 Å². The summed E-state index contributed by atoms with van der Waals surface area (Å²) in [7, 11) is 0. The highest BCUT2D eigenvalue weighted by atomic mass is 19.1. The van der Waals surface area contributed by atoms with Gasteiger partial charge in [-0.15, -0.1) is 0 Å². The van der Waals surface area contributed by atoms with Gasteiger partial charge < -0.3 is 24.8 Å². The Hall–Kier alpha value is -3.90. The number of nitrogens with zero attached hydrogens (tertiary/aromatic N) is 5. The first-order valence-electron chi connectivity index (χ1n) is 16.3. The fraction of sp³-hybridized carbons (Fsp3) is 0.500. The van der Waals surface area contributed by atoms with Crippen LogP contribution in [0.4, 0.5) is 19.0 Å². The number of rotatable bonds is 5. The number of fused-ring (bicyclic) bond motifs is 7. The lowest BCUT2D eigenvalue weighted by Crippen LogP contribution is -2.60. The highest BCUT2D eigenvalue weighted by molar-refractivity contribution is 6.03. The fourth-order valence-corrected chi connectivity index (χ4v) is 8.84. The second kappa shape index (κ2) is 10.3. The van der Waals surface area contributed by atoms with Gasteiger partial charge >= 0.3 is 6.01 Å². The molecule has 0 radical (unpaired) electrons. The Bertz CT molecular complexity index is 1910. The number of nitrogens with one attached hydrogen (secondary N) is 1. The molecule has 240 valence electrons. The number of aromatic nitrogens is 3. The number of benzene rings is 2. The minimum atomic E-state index is -0.913. The molecule has 2 bridgehead atoms. The van der Waals surface area contributed by atoms with Crippen LogP contribution >= 0.6 is 0 Å². The number of aromatic hydroxyl groups is 1. The Morgan fingerprint density at radius 3 is 2.89 bits per heavy atom. The number of aryl methyl sites for hydroxylation is 1. The van der Waals surface area contributed by atoms with E-state index in [2.05, 4.69) is 20.1 Å². The van der Waals surface area contributed by atoms with Gasteiger partial charge in [0.05, 0.1) is 11.6 Å². The molecule has 9 nitrogen and oxygen atoms in total. The van der Waals surface area contributed by atoms with E-state index in [1.54, 1.807) is 6.07 Å². The first-order valence-corrected chi connectivity index (χ1v) is 16.3. The molecular formula is C34H35F3N6O3. The van der Waals surface area contributed by atoms with Crippen LogP contribution in [0.15, 0.2) is 24.3 Å². The molecule has 46 heavy (non-hydrogen) atoms. The quantitative estimate of drug-likeness (QED) is 0.314. The van der Waals surface area contributed by atoms with Crippen LogP contribution in [0.25, 0.3) is 32.9 Å². The lowest BCUT2D eigenvalue weighted by molar-refractivity contribution is 0.107. The molecule has 9 rings (SSSR count). The summed E-state index contributed by atoms with van der Waals surface area (Å²) in [4.78, 5) is 18.6. The van der Waals surface area contributed by atoms with E-state index in [-0.39, 0.29) is 59.1 Å². The van der Waals surface area contributed by atoms with Crippen molar-refractivity contribution in [1.82, 2.24) is 25.2 Å². The van der Waals surface area contributed by atoms with Gasteiger partial charge in [-0.25, -0.2) is 18.2 Å². The molecule has 0 saturated carbocycles. The summed E-state index contributed by atoms with van der Waals surface area (Å²) < 4.78 is 59.3. The molecule has 5 atom stereocenters. The molecule has 2 aromatic heterocycles. The lowest BCUT2D eigenvalue weighted by Gasteiger charge is -2.40. The molecular weight excluding hydrogens is 597 g/mol. The third-order valence-electron chi connectivity index (χ3n) is 10.9. The Morgan fingerprint density at radius 2 is 2.02 bits per heavy atom. The first kappa shape index (κ1) is 28.3. The van der Waals surface area contributed by atoms with Gasteiger partial charge in [-0.05, 0) is 73.2 Å². The van der Waals surface area contributed by atoms with Gasteiger partial charge in [-0.1, -0.05) is 13.0 Å². The van der Waals surface area contributed by atoms with Crippen molar-refractivity contribution in [3.05, 3.63) is 41.5 Å². The minimum absolute atomic E-state index is 0.0145. The zero-order valence-electron chi connectivity index (χ0n) is 25.5. The number of piperazine rings is 1. The molecule has 5 aliphatic rings. The van der Waals surface area contributed by atoms with Crippen LogP contribution in [-0.2, 0) is 6.42 Å². The van der Waals surface area contributed by atoms with E-state index in [9.17, 15) is 9.50 Å². The van der Waals surface area contributed by atoms with Crippen molar-refractivity contribution in [1.29, 1.82) is 0 Å². The molecule has 4 fully saturated rings. The van der Waals surface area contributed by atoms with Crippen molar-refractivity contribution < 1.29 is 27.8 Å². The van der Waals surface area contributed by atoms with Gasteiger partial charge in [0.25, 0.3) is 0 Å². The van der Waals surface area contributed by atoms with E-state index < -0.39 is 23.3 Å². The molecule has 4 aromatic rings. The van der Waals surface area contributed by atoms with Gasteiger partial charge in [0.2, 0.25) is 5.88 Å². The second-order valence-electron chi connectivity index (χ2n) is 13.5. The van der Waals surface area contributed by atoms with Crippen LogP contribution < -0.4 is 19.7 Å². The highest BCUT2D eigenvalue weighted by Gasteiger charge is 2.50. The average Bonchev–Trinajstić information content (AvgIpc) is 3.68. The summed E-state index contributed by atoms with van der Waals surface area (Å²) in [5.74, 6) is -0.568. The minimum Gasteiger partial charge on any atom is -0.508 e. The van der Waals surface area contributed by atoms with Crippen molar-refractivity contribution in [2.24, 2.45) is 0 Å². The van der Waals surface area contributed by atoms with Crippen molar-refractivity contribution >= 4 is 27.5 Å². The summed E-state index contributed by atoms with van der Waals surface area (Å²) >= 11 is 0. The number of hydrogen-bond donors (Lipinski definition) is 2. The highest BCUT2D eigenvalue weighted by Crippen LogP contribution is 2.45. The maximum absolute atomic E-state index is 17.1. The Balaban J connectivity index is 1.24. The molecule has 2 aromatic carbocycles. The van der Waals surface area contributed by atoms with Crippen molar-refractivity contribution in [3.8, 4) is 28.9 Å². The smallest absolute Gasteiger partial charge is 0.319 e. The fourth-order valence-electron chi connectivity index (χ4n) is 8.84. The predicted molar refractivity (Wildman–Crippen MR) is 166 cm³/mol. The molecule has 2 N–H and O–H groups in total. The Labute approximate surface area is 263 Å². The molecule has 0 aliphatic carbocycles. The van der Waals surface area contributed by atoms with E-state index in [0.29, 0.717) is 60.1 Å². The van der Waals surface area contributed by atoms with E-state index in [1.165, 1.54) is 18.2 Å². The maximum atomic E-state index is 17.1. The molecule has 4 saturated heterocycles. The maximum Gasteiger partial charge on any atom is 0.319 e. The van der Waals surface area contributed by atoms with Crippen LogP contribution in [0.2, 0.25) is 0 Å². The van der Waals surface area contributed by atoms with Crippen LogP contribution in [-0.4, -0.2) is 87.6 Å². The summed E-state index contributed by atoms with van der Waals surface area (Å²) in [6.07, 6.45) is 3.62. The van der Waals surface area contributed by atoms with Crippen molar-refractivity contribution in [2.45, 2.75) is 75.3 Å². The van der Waals surface area contributed by atoms with Crippen molar-refractivity contribution in [2.75, 3.05) is 37.7 Å². The number of phenols is 1. The van der Waals surface area contributed by atoms with E-state index in [4.69, 9.17) is 19.4 Å². The van der Waals surface area contributed by atoms with Gasteiger partial charge in [0.15, 0.2) is 5.82 Å². The Kier molecular flexibility index (Phi) is 6.34. The number of phenolic OH excluding ortho intramolecular Hbond substituents is 1. The Morgan fingerprint density at radius 1 is 1.13 bits per heavy atom. The number of anilines is 1. The number of halogens is 3. The molecule has 5 aliphatic heterocycles. The molecule has 0 spiro atoms. The third kappa shape index (κ3) is 4.18. The molecule has 12 heteroatoms. The average molecular weight is 633 g/mol. The number of alkyl halides is 1.